The van der Waals surface area contributed by atoms with E-state index in [1.165, 1.54) is 42.7 Å². The van der Waals surface area contributed by atoms with Crippen molar-refractivity contribution in [1.82, 2.24) is 0 Å². The van der Waals surface area contributed by atoms with Crippen LogP contribution < -0.4 is 10.6 Å². The van der Waals surface area contributed by atoms with Crippen molar-refractivity contribution < 1.29 is 0 Å². The lowest BCUT2D eigenvalue weighted by Gasteiger charge is -2.21. The molecule has 0 aromatic heterocycles. The minimum absolute atomic E-state index is 0.908. The Morgan fingerprint density at radius 3 is 2.36 bits per heavy atom. The number of nitrogens with two attached hydrogens (primary N) is 1. The number of hydrogen-bond donors (Lipinski definition) is 1. The Morgan fingerprint density at radius 1 is 1.07 bits per heavy atom. The predicted molar refractivity (Wildman–Crippen MR) is 61.8 cm³/mol. The van der Waals surface area contributed by atoms with Gasteiger partial charge in [-0.3, -0.25) is 0 Å². The van der Waals surface area contributed by atoms with Crippen molar-refractivity contribution in [3.63, 3.8) is 0 Å². The summed E-state index contributed by atoms with van der Waals surface area (Å²) >= 11 is 0. The fourth-order valence-electron chi connectivity index (χ4n) is 2.12. The van der Waals surface area contributed by atoms with Crippen LogP contribution in [-0.2, 0) is 0 Å². The minimum atomic E-state index is 0.908. The Kier molecular flexibility index (Phi) is 2.36. The highest BCUT2D eigenvalue weighted by Gasteiger charge is 2.14. The van der Waals surface area contributed by atoms with Gasteiger partial charge in [0.25, 0.3) is 0 Å². The number of hydrogen-bond acceptors (Lipinski definition) is 2. The zero-order valence-electron chi connectivity index (χ0n) is 9.01. The van der Waals surface area contributed by atoms with Gasteiger partial charge in [-0.1, -0.05) is 0 Å². The standard InChI is InChI=1S/C12H18N2/c1-9-8-12(10(2)7-11(9)13)14-5-3-4-6-14/h7-8H,3-6,13H2,1-2H3. The van der Waals surface area contributed by atoms with Crippen molar-refractivity contribution >= 4 is 11.4 Å². The van der Waals surface area contributed by atoms with Crippen LogP contribution >= 0.6 is 0 Å². The van der Waals surface area contributed by atoms with E-state index < -0.39 is 0 Å². The van der Waals surface area contributed by atoms with Gasteiger partial charge in [-0.2, -0.15) is 0 Å². The topological polar surface area (TPSA) is 29.3 Å². The molecule has 14 heavy (non-hydrogen) atoms. The second kappa shape index (κ2) is 3.52. The van der Waals surface area contributed by atoms with Gasteiger partial charge in [0.2, 0.25) is 0 Å². The first-order valence-electron chi connectivity index (χ1n) is 5.30. The molecule has 1 aromatic carbocycles. The van der Waals surface area contributed by atoms with Gasteiger partial charge in [-0.05, 0) is 49.9 Å². The summed E-state index contributed by atoms with van der Waals surface area (Å²) in [5.41, 5.74) is 10.6. The average Bonchev–Trinajstić information content (AvgIpc) is 2.64. The second-order valence-electron chi connectivity index (χ2n) is 4.19. The summed E-state index contributed by atoms with van der Waals surface area (Å²) in [6.07, 6.45) is 2.64. The van der Waals surface area contributed by atoms with Crippen LogP contribution in [0.25, 0.3) is 0 Å². The number of benzene rings is 1. The van der Waals surface area contributed by atoms with E-state index >= 15 is 0 Å². The highest BCUT2D eigenvalue weighted by atomic mass is 15.1. The third-order valence-corrected chi connectivity index (χ3v) is 3.03. The molecule has 2 nitrogen and oxygen atoms in total. The highest BCUT2D eigenvalue weighted by Crippen LogP contribution is 2.28. The first kappa shape index (κ1) is 9.38. The molecule has 0 spiro atoms. The molecule has 1 aromatic rings. The fourth-order valence-corrected chi connectivity index (χ4v) is 2.12. The van der Waals surface area contributed by atoms with Gasteiger partial charge >= 0.3 is 0 Å². The van der Waals surface area contributed by atoms with Gasteiger partial charge in [-0.15, -0.1) is 0 Å². The molecule has 2 rings (SSSR count). The Bertz CT molecular complexity index is 338. The summed E-state index contributed by atoms with van der Waals surface area (Å²) in [7, 11) is 0. The summed E-state index contributed by atoms with van der Waals surface area (Å²) < 4.78 is 0. The molecule has 2 heteroatoms. The van der Waals surface area contributed by atoms with Gasteiger partial charge in [0.15, 0.2) is 0 Å². The molecule has 0 atom stereocenters. The Morgan fingerprint density at radius 2 is 1.71 bits per heavy atom. The molecule has 0 radical (unpaired) electrons. The van der Waals surface area contributed by atoms with Crippen molar-refractivity contribution in [3.05, 3.63) is 23.3 Å². The van der Waals surface area contributed by atoms with Crippen molar-refractivity contribution in [1.29, 1.82) is 0 Å². The van der Waals surface area contributed by atoms with Crippen LogP contribution in [0.15, 0.2) is 12.1 Å². The molecule has 1 saturated heterocycles. The van der Waals surface area contributed by atoms with Gasteiger partial charge in [0, 0.05) is 24.5 Å². The maximum Gasteiger partial charge on any atom is 0.0400 e. The van der Waals surface area contributed by atoms with Gasteiger partial charge in [-0.25, -0.2) is 0 Å². The smallest absolute Gasteiger partial charge is 0.0400 e. The summed E-state index contributed by atoms with van der Waals surface area (Å²) in [6.45, 7) is 6.62. The molecular weight excluding hydrogens is 172 g/mol. The molecule has 1 heterocycles. The van der Waals surface area contributed by atoms with Gasteiger partial charge < -0.3 is 10.6 Å². The third kappa shape index (κ3) is 1.57. The zero-order valence-corrected chi connectivity index (χ0v) is 9.01. The van der Waals surface area contributed by atoms with Crippen LogP contribution in [0.1, 0.15) is 24.0 Å². The van der Waals surface area contributed by atoms with Crippen molar-refractivity contribution in [2.45, 2.75) is 26.7 Å². The fraction of sp³-hybridized carbons (Fsp3) is 0.500. The SMILES string of the molecule is Cc1cc(N2CCCC2)c(C)cc1N. The van der Waals surface area contributed by atoms with Crippen LogP contribution in [0.4, 0.5) is 11.4 Å². The number of anilines is 2. The van der Waals surface area contributed by atoms with E-state index in [4.69, 9.17) is 5.73 Å². The Hall–Kier alpha value is -1.18. The maximum absolute atomic E-state index is 5.87. The van der Waals surface area contributed by atoms with Gasteiger partial charge in [0.05, 0.1) is 0 Å². The lowest BCUT2D eigenvalue weighted by atomic mass is 10.1. The van der Waals surface area contributed by atoms with Crippen LogP contribution in [-0.4, -0.2) is 13.1 Å². The van der Waals surface area contributed by atoms with Gasteiger partial charge in [0.1, 0.15) is 0 Å². The van der Waals surface area contributed by atoms with E-state index in [0.717, 1.165) is 5.69 Å². The van der Waals surface area contributed by atoms with Crippen LogP contribution in [0.3, 0.4) is 0 Å². The van der Waals surface area contributed by atoms with Crippen LogP contribution in [0.2, 0.25) is 0 Å². The second-order valence-corrected chi connectivity index (χ2v) is 4.19. The van der Waals surface area contributed by atoms with Crippen molar-refractivity contribution in [2.75, 3.05) is 23.7 Å². The molecule has 0 aliphatic carbocycles. The third-order valence-electron chi connectivity index (χ3n) is 3.03. The van der Waals surface area contributed by atoms with E-state index in [9.17, 15) is 0 Å². The Labute approximate surface area is 85.7 Å². The summed E-state index contributed by atoms with van der Waals surface area (Å²) in [5.74, 6) is 0. The predicted octanol–water partition coefficient (Wildman–Crippen LogP) is 2.49. The quantitative estimate of drug-likeness (QED) is 0.689. The lowest BCUT2D eigenvalue weighted by molar-refractivity contribution is 0.949. The van der Waals surface area contributed by atoms with E-state index in [-0.39, 0.29) is 0 Å². The molecule has 0 amide bonds. The summed E-state index contributed by atoms with van der Waals surface area (Å²) in [5, 5.41) is 0. The van der Waals surface area contributed by atoms with E-state index in [1.54, 1.807) is 0 Å². The minimum Gasteiger partial charge on any atom is -0.399 e. The van der Waals surface area contributed by atoms with E-state index in [2.05, 4.69) is 30.9 Å². The Balaban J connectivity index is 2.37. The van der Waals surface area contributed by atoms with Crippen LogP contribution in [0.5, 0.6) is 0 Å². The summed E-state index contributed by atoms with van der Waals surface area (Å²) in [4.78, 5) is 2.46. The molecule has 0 saturated carbocycles. The molecule has 1 aliphatic heterocycles. The van der Waals surface area contributed by atoms with E-state index in [0.29, 0.717) is 0 Å². The number of rotatable bonds is 1. The largest absolute Gasteiger partial charge is 0.399 e. The number of nitrogens with zero attached hydrogens (tertiary/aromatic N) is 1. The van der Waals surface area contributed by atoms with E-state index in [1.807, 2.05) is 0 Å². The van der Waals surface area contributed by atoms with Crippen molar-refractivity contribution in [3.8, 4) is 0 Å². The molecule has 1 fully saturated rings. The molecule has 0 unspecified atom stereocenters. The first-order valence-corrected chi connectivity index (χ1v) is 5.30. The zero-order chi connectivity index (χ0) is 10.1. The van der Waals surface area contributed by atoms with Crippen LogP contribution in [0, 0.1) is 13.8 Å². The number of aryl methyl sites for hydroxylation is 2. The monoisotopic (exact) mass is 190 g/mol. The average molecular weight is 190 g/mol. The number of nitrogen functional groups attached to an aromatic ring is 1. The maximum atomic E-state index is 5.87. The highest BCUT2D eigenvalue weighted by molar-refractivity contribution is 5.63. The molecule has 76 valence electrons. The molecular formula is C12H18N2. The lowest BCUT2D eigenvalue weighted by Crippen LogP contribution is -2.18. The molecule has 2 N–H and O–H groups in total. The normalized spacial score (nSPS) is 16.3. The van der Waals surface area contributed by atoms with Crippen molar-refractivity contribution in [2.24, 2.45) is 0 Å². The first-order chi connectivity index (χ1) is 6.68. The summed E-state index contributed by atoms with van der Waals surface area (Å²) in [6, 6.07) is 4.30. The molecule has 1 aliphatic rings. The molecule has 0 bridgehead atoms.